The Kier molecular flexibility index (Phi) is 3.55. The third kappa shape index (κ3) is 2.20. The summed E-state index contributed by atoms with van der Waals surface area (Å²) in [6, 6.07) is 8.55. The first kappa shape index (κ1) is 14.0. The van der Waals surface area contributed by atoms with Crippen LogP contribution in [0.2, 0.25) is 0 Å². The van der Waals surface area contributed by atoms with Crippen molar-refractivity contribution < 1.29 is 5.11 Å². The fourth-order valence-corrected chi connectivity index (χ4v) is 4.46. The van der Waals surface area contributed by atoms with E-state index in [0.29, 0.717) is 11.8 Å². The Morgan fingerprint density at radius 1 is 1.36 bits per heavy atom. The molecule has 4 aliphatic heterocycles. The number of fused-ring (bicyclic) bond motifs is 4. The summed E-state index contributed by atoms with van der Waals surface area (Å²) in [4.78, 5) is 2.47. The Morgan fingerprint density at radius 2 is 2.23 bits per heavy atom. The highest BCUT2D eigenvalue weighted by molar-refractivity contribution is 5.81. The van der Waals surface area contributed by atoms with Crippen LogP contribution < -0.4 is 5.32 Å². The van der Waals surface area contributed by atoms with E-state index in [2.05, 4.69) is 41.1 Å². The van der Waals surface area contributed by atoms with E-state index in [1.165, 1.54) is 6.42 Å². The molecule has 1 aromatic carbocycles. The molecule has 2 bridgehead atoms. The molecule has 116 valence electrons. The lowest BCUT2D eigenvalue weighted by atomic mass is 9.73. The van der Waals surface area contributed by atoms with Crippen LogP contribution in [0.1, 0.15) is 18.4 Å². The van der Waals surface area contributed by atoms with Gasteiger partial charge < -0.3 is 10.4 Å². The predicted octanol–water partition coefficient (Wildman–Crippen LogP) is 2.75. The number of piperidine rings is 3. The van der Waals surface area contributed by atoms with Crippen LogP contribution in [0.3, 0.4) is 0 Å². The number of rotatable bonds is 3. The van der Waals surface area contributed by atoms with Gasteiger partial charge in [0.1, 0.15) is 0 Å². The molecule has 0 aliphatic carbocycles. The standard InChI is InChI=1S/C19H24N2O/c1-2-13-12-21-10-8-14(13)11-18(21)19(22)16-7-9-20-17-6-4-3-5-15(16)17/h2-7,13-14,18-20,22H,1,8-12H2/t13?,14-,18-,19+/m0/s1. The van der Waals surface area contributed by atoms with E-state index in [9.17, 15) is 5.11 Å². The van der Waals surface area contributed by atoms with Crippen LogP contribution in [0.5, 0.6) is 0 Å². The average molecular weight is 296 g/mol. The summed E-state index contributed by atoms with van der Waals surface area (Å²) in [6.07, 6.45) is 6.21. The number of hydrogen-bond donors (Lipinski definition) is 2. The molecule has 4 heterocycles. The third-order valence-electron chi connectivity index (χ3n) is 5.69. The van der Waals surface area contributed by atoms with Crippen molar-refractivity contribution in [3.63, 3.8) is 0 Å². The molecular formula is C19H24N2O. The predicted molar refractivity (Wildman–Crippen MR) is 90.7 cm³/mol. The van der Waals surface area contributed by atoms with Crippen molar-refractivity contribution in [2.24, 2.45) is 11.8 Å². The minimum absolute atomic E-state index is 0.257. The summed E-state index contributed by atoms with van der Waals surface area (Å²) in [5, 5.41) is 14.4. The topological polar surface area (TPSA) is 35.5 Å². The van der Waals surface area contributed by atoms with Gasteiger partial charge in [-0.25, -0.2) is 0 Å². The number of benzene rings is 1. The summed E-state index contributed by atoms with van der Waals surface area (Å²) in [5.41, 5.74) is 3.39. The molecule has 3 fully saturated rings. The maximum absolute atomic E-state index is 11.1. The van der Waals surface area contributed by atoms with Gasteiger partial charge >= 0.3 is 0 Å². The number of para-hydroxylation sites is 1. The molecule has 5 atom stereocenters. The van der Waals surface area contributed by atoms with Crippen molar-refractivity contribution in [2.45, 2.75) is 25.0 Å². The van der Waals surface area contributed by atoms with Gasteiger partial charge in [0.05, 0.1) is 6.10 Å². The highest BCUT2D eigenvalue weighted by Crippen LogP contribution is 2.41. The van der Waals surface area contributed by atoms with Crippen molar-refractivity contribution >= 4 is 11.3 Å². The normalized spacial score (nSPS) is 34.3. The second kappa shape index (κ2) is 5.56. The summed E-state index contributed by atoms with van der Waals surface area (Å²) in [7, 11) is 0. The Hall–Kier alpha value is -1.58. The van der Waals surface area contributed by atoms with Crippen molar-refractivity contribution in [3.05, 3.63) is 48.6 Å². The van der Waals surface area contributed by atoms with Crippen LogP contribution in [0.15, 0.2) is 43.0 Å². The zero-order chi connectivity index (χ0) is 15.1. The van der Waals surface area contributed by atoms with E-state index in [1.807, 2.05) is 12.1 Å². The number of aliphatic hydroxyl groups is 1. The van der Waals surface area contributed by atoms with E-state index in [1.54, 1.807) is 0 Å². The summed E-state index contributed by atoms with van der Waals surface area (Å²) >= 11 is 0. The van der Waals surface area contributed by atoms with Crippen molar-refractivity contribution in [1.29, 1.82) is 0 Å². The molecule has 0 radical (unpaired) electrons. The molecule has 4 aliphatic rings. The van der Waals surface area contributed by atoms with Crippen LogP contribution in [0.4, 0.5) is 5.69 Å². The van der Waals surface area contributed by atoms with Gasteiger partial charge in [0, 0.05) is 30.4 Å². The first-order chi connectivity index (χ1) is 10.8. The largest absolute Gasteiger partial charge is 0.387 e. The molecule has 2 unspecified atom stereocenters. The molecule has 2 N–H and O–H groups in total. The van der Waals surface area contributed by atoms with Crippen LogP contribution >= 0.6 is 0 Å². The Balaban J connectivity index is 1.59. The second-order valence-corrected chi connectivity index (χ2v) is 6.78. The SMILES string of the molecule is C=CC1CN2CC[C@H]1C[C@H]2[C@H](O)C1=CCNc2ccccc21. The molecule has 0 amide bonds. The van der Waals surface area contributed by atoms with E-state index in [4.69, 9.17) is 0 Å². The maximum Gasteiger partial charge on any atom is 0.0949 e. The Labute approximate surface area is 132 Å². The molecule has 0 aromatic heterocycles. The fraction of sp³-hybridized carbons (Fsp3) is 0.474. The highest BCUT2D eigenvalue weighted by Gasteiger charge is 2.42. The molecule has 5 rings (SSSR count). The van der Waals surface area contributed by atoms with Crippen molar-refractivity contribution in [1.82, 2.24) is 4.90 Å². The first-order valence-electron chi connectivity index (χ1n) is 8.36. The Morgan fingerprint density at radius 3 is 3.00 bits per heavy atom. The van der Waals surface area contributed by atoms with Crippen LogP contribution in [0.25, 0.3) is 5.57 Å². The van der Waals surface area contributed by atoms with Gasteiger partial charge in [0.25, 0.3) is 0 Å². The van der Waals surface area contributed by atoms with Crippen LogP contribution in [-0.2, 0) is 0 Å². The number of nitrogens with zero attached hydrogens (tertiary/aromatic N) is 1. The molecule has 1 aromatic rings. The number of anilines is 1. The summed E-state index contributed by atoms with van der Waals surface area (Å²) in [6.45, 7) is 6.96. The fourth-order valence-electron chi connectivity index (χ4n) is 4.46. The molecular weight excluding hydrogens is 272 g/mol. The molecule has 0 saturated carbocycles. The van der Waals surface area contributed by atoms with Crippen molar-refractivity contribution in [3.8, 4) is 0 Å². The van der Waals surface area contributed by atoms with Gasteiger partial charge in [0.2, 0.25) is 0 Å². The number of nitrogens with one attached hydrogen (secondary N) is 1. The van der Waals surface area contributed by atoms with Gasteiger partial charge in [-0.3, -0.25) is 4.90 Å². The van der Waals surface area contributed by atoms with Crippen LogP contribution in [-0.4, -0.2) is 41.8 Å². The monoisotopic (exact) mass is 296 g/mol. The minimum atomic E-state index is -0.392. The van der Waals surface area contributed by atoms with Gasteiger partial charge in [-0.05, 0) is 42.9 Å². The smallest absolute Gasteiger partial charge is 0.0949 e. The Bertz CT molecular complexity index is 609. The highest BCUT2D eigenvalue weighted by atomic mass is 16.3. The van der Waals surface area contributed by atoms with Gasteiger partial charge in [-0.2, -0.15) is 0 Å². The molecule has 0 spiro atoms. The zero-order valence-corrected chi connectivity index (χ0v) is 12.9. The quantitative estimate of drug-likeness (QED) is 0.842. The lowest BCUT2D eigenvalue weighted by molar-refractivity contribution is -0.0254. The van der Waals surface area contributed by atoms with E-state index < -0.39 is 6.10 Å². The van der Waals surface area contributed by atoms with E-state index >= 15 is 0 Å². The van der Waals surface area contributed by atoms with Gasteiger partial charge in [0.15, 0.2) is 0 Å². The molecule has 22 heavy (non-hydrogen) atoms. The minimum Gasteiger partial charge on any atom is -0.387 e. The lowest BCUT2D eigenvalue weighted by Crippen LogP contribution is -2.57. The maximum atomic E-state index is 11.1. The average Bonchev–Trinajstić information content (AvgIpc) is 2.60. The van der Waals surface area contributed by atoms with E-state index in [0.717, 1.165) is 42.9 Å². The van der Waals surface area contributed by atoms with Crippen LogP contribution in [0, 0.1) is 11.8 Å². The first-order valence-corrected chi connectivity index (χ1v) is 8.36. The number of hydrogen-bond acceptors (Lipinski definition) is 3. The molecule has 3 heteroatoms. The molecule has 3 nitrogen and oxygen atoms in total. The summed E-state index contributed by atoms with van der Waals surface area (Å²) < 4.78 is 0. The molecule has 3 saturated heterocycles. The third-order valence-corrected chi connectivity index (χ3v) is 5.69. The van der Waals surface area contributed by atoms with Gasteiger partial charge in [-0.15, -0.1) is 6.58 Å². The van der Waals surface area contributed by atoms with Crippen molar-refractivity contribution in [2.75, 3.05) is 25.0 Å². The zero-order valence-electron chi connectivity index (χ0n) is 12.9. The number of aliphatic hydroxyl groups excluding tert-OH is 1. The van der Waals surface area contributed by atoms with Gasteiger partial charge in [-0.1, -0.05) is 30.4 Å². The van der Waals surface area contributed by atoms with E-state index in [-0.39, 0.29) is 6.04 Å². The second-order valence-electron chi connectivity index (χ2n) is 6.78. The summed E-state index contributed by atoms with van der Waals surface area (Å²) in [5.74, 6) is 1.30. The lowest BCUT2D eigenvalue weighted by Gasteiger charge is -2.51.